The Labute approximate surface area is 185 Å². The second-order valence-corrected chi connectivity index (χ2v) is 8.92. The standard InChI is InChI=1S/C23H20N4O4S/c1-14-7-12-20(15(2)13-14)32(30,31)27-22-21(25-18-5-3-4-6-19(18)26-22)24-17-10-8-16(9-11-17)23(28)29/h3-13H,1-2H3,(H,24,25)(H,26,27)(H,28,29)/p-1. The second-order valence-electron chi connectivity index (χ2n) is 7.27. The number of fused-ring (bicyclic) bond motifs is 1. The van der Waals surface area contributed by atoms with Crippen LogP contribution in [-0.2, 0) is 10.0 Å². The molecule has 8 nitrogen and oxygen atoms in total. The minimum atomic E-state index is -3.94. The number of benzene rings is 3. The first kappa shape index (κ1) is 21.3. The van der Waals surface area contributed by atoms with Crippen LogP contribution in [0.2, 0.25) is 0 Å². The van der Waals surface area contributed by atoms with Gasteiger partial charge in [-0.25, -0.2) is 18.4 Å². The van der Waals surface area contributed by atoms with Crippen molar-refractivity contribution in [3.63, 3.8) is 0 Å². The van der Waals surface area contributed by atoms with Crippen LogP contribution in [0.15, 0.2) is 71.6 Å². The number of carboxylic acid groups (broad SMARTS) is 1. The van der Waals surface area contributed by atoms with E-state index in [-0.39, 0.29) is 22.1 Å². The van der Waals surface area contributed by atoms with Crippen LogP contribution in [0.5, 0.6) is 0 Å². The summed E-state index contributed by atoms with van der Waals surface area (Å²) in [4.78, 5) is 20.1. The molecule has 0 fully saturated rings. The molecule has 0 aliphatic carbocycles. The fourth-order valence-electron chi connectivity index (χ4n) is 3.27. The monoisotopic (exact) mass is 447 g/mol. The van der Waals surface area contributed by atoms with Crippen LogP contribution in [0.4, 0.5) is 17.3 Å². The van der Waals surface area contributed by atoms with Crippen LogP contribution in [0.1, 0.15) is 21.5 Å². The van der Waals surface area contributed by atoms with E-state index in [1.165, 1.54) is 24.3 Å². The van der Waals surface area contributed by atoms with Gasteiger partial charge in [0.25, 0.3) is 10.0 Å². The SMILES string of the molecule is Cc1ccc(S(=O)(=O)Nc2nc3ccccc3nc2Nc2ccc(C(=O)[O-])cc2)c(C)c1. The molecule has 0 aliphatic heterocycles. The molecule has 0 atom stereocenters. The zero-order valence-corrected chi connectivity index (χ0v) is 18.1. The van der Waals surface area contributed by atoms with E-state index in [1.54, 1.807) is 49.4 Å². The van der Waals surface area contributed by atoms with Crippen molar-refractivity contribution in [2.75, 3.05) is 10.0 Å². The molecule has 0 aliphatic rings. The van der Waals surface area contributed by atoms with Crippen molar-refractivity contribution in [3.05, 3.63) is 83.4 Å². The number of nitrogens with zero attached hydrogens (tertiary/aromatic N) is 2. The lowest BCUT2D eigenvalue weighted by atomic mass is 10.2. The van der Waals surface area contributed by atoms with Crippen molar-refractivity contribution >= 4 is 44.3 Å². The van der Waals surface area contributed by atoms with Gasteiger partial charge in [-0.3, -0.25) is 4.72 Å². The lowest BCUT2D eigenvalue weighted by Gasteiger charge is -2.15. The Balaban J connectivity index is 1.76. The number of hydrogen-bond acceptors (Lipinski definition) is 7. The topological polar surface area (TPSA) is 124 Å². The van der Waals surface area contributed by atoms with Crippen molar-refractivity contribution < 1.29 is 18.3 Å². The molecule has 1 aromatic heterocycles. The van der Waals surface area contributed by atoms with Gasteiger partial charge in [0.05, 0.1) is 21.9 Å². The predicted molar refractivity (Wildman–Crippen MR) is 120 cm³/mol. The summed E-state index contributed by atoms with van der Waals surface area (Å²) in [7, 11) is -3.94. The Morgan fingerprint density at radius 2 is 1.50 bits per heavy atom. The maximum atomic E-state index is 13.1. The van der Waals surface area contributed by atoms with Crippen LogP contribution < -0.4 is 15.1 Å². The average molecular weight is 447 g/mol. The smallest absolute Gasteiger partial charge is 0.263 e. The van der Waals surface area contributed by atoms with E-state index in [2.05, 4.69) is 20.0 Å². The molecule has 0 radical (unpaired) electrons. The molecule has 2 N–H and O–H groups in total. The molecule has 162 valence electrons. The number of para-hydroxylation sites is 2. The fraction of sp³-hybridized carbons (Fsp3) is 0.0870. The molecule has 4 rings (SSSR count). The van der Waals surface area contributed by atoms with Gasteiger partial charge >= 0.3 is 0 Å². The van der Waals surface area contributed by atoms with Gasteiger partial charge in [-0.05, 0) is 55.3 Å². The highest BCUT2D eigenvalue weighted by molar-refractivity contribution is 7.92. The van der Waals surface area contributed by atoms with Crippen molar-refractivity contribution in [1.82, 2.24) is 9.97 Å². The first-order chi connectivity index (χ1) is 15.2. The first-order valence-corrected chi connectivity index (χ1v) is 11.2. The number of carbonyl (C=O) groups excluding carboxylic acids is 1. The van der Waals surface area contributed by atoms with E-state index < -0.39 is 16.0 Å². The number of aromatic carboxylic acids is 1. The third kappa shape index (κ3) is 4.37. The van der Waals surface area contributed by atoms with E-state index >= 15 is 0 Å². The minimum Gasteiger partial charge on any atom is -0.545 e. The van der Waals surface area contributed by atoms with Crippen LogP contribution in [0.3, 0.4) is 0 Å². The summed E-state index contributed by atoms with van der Waals surface area (Å²) in [6.07, 6.45) is 0. The number of anilines is 3. The molecule has 0 saturated carbocycles. The summed E-state index contributed by atoms with van der Waals surface area (Å²) >= 11 is 0. The van der Waals surface area contributed by atoms with E-state index in [9.17, 15) is 18.3 Å². The Hall–Kier alpha value is -3.98. The van der Waals surface area contributed by atoms with E-state index in [0.717, 1.165) is 5.56 Å². The van der Waals surface area contributed by atoms with Gasteiger partial charge in [0.15, 0.2) is 11.6 Å². The lowest BCUT2D eigenvalue weighted by Crippen LogP contribution is -2.22. The highest BCUT2D eigenvalue weighted by Gasteiger charge is 2.21. The molecule has 9 heteroatoms. The lowest BCUT2D eigenvalue weighted by molar-refractivity contribution is -0.255. The quantitative estimate of drug-likeness (QED) is 0.465. The third-order valence-electron chi connectivity index (χ3n) is 4.80. The molecule has 0 saturated heterocycles. The number of sulfonamides is 1. The Kier molecular flexibility index (Phi) is 5.50. The summed E-state index contributed by atoms with van der Waals surface area (Å²) in [6.45, 7) is 3.62. The van der Waals surface area contributed by atoms with Crippen LogP contribution in [0, 0.1) is 13.8 Å². The minimum absolute atomic E-state index is 0.0210. The molecule has 0 spiro atoms. The molecule has 0 bridgehead atoms. The number of hydrogen-bond donors (Lipinski definition) is 2. The van der Waals surface area contributed by atoms with E-state index in [0.29, 0.717) is 22.3 Å². The van der Waals surface area contributed by atoms with Gasteiger partial charge in [0.1, 0.15) is 0 Å². The molecule has 32 heavy (non-hydrogen) atoms. The number of aromatic nitrogens is 2. The average Bonchev–Trinajstić information content (AvgIpc) is 2.74. The predicted octanol–water partition coefficient (Wildman–Crippen LogP) is 3.15. The van der Waals surface area contributed by atoms with E-state index in [4.69, 9.17) is 0 Å². The fourth-order valence-corrected chi connectivity index (χ4v) is 4.50. The highest BCUT2D eigenvalue weighted by Crippen LogP contribution is 2.28. The number of carboxylic acids is 1. The van der Waals surface area contributed by atoms with Crippen molar-refractivity contribution in [2.45, 2.75) is 18.7 Å². The molecule has 1 heterocycles. The van der Waals surface area contributed by atoms with Crippen molar-refractivity contribution in [2.24, 2.45) is 0 Å². The first-order valence-electron chi connectivity index (χ1n) is 9.68. The summed E-state index contributed by atoms with van der Waals surface area (Å²) in [6, 6.07) is 18.0. The number of nitrogens with one attached hydrogen (secondary N) is 2. The Morgan fingerprint density at radius 3 is 2.09 bits per heavy atom. The Morgan fingerprint density at radius 1 is 0.875 bits per heavy atom. The molecule has 4 aromatic rings. The molecule has 0 unspecified atom stereocenters. The summed E-state index contributed by atoms with van der Waals surface area (Å²) < 4.78 is 28.8. The highest BCUT2D eigenvalue weighted by atomic mass is 32.2. The van der Waals surface area contributed by atoms with Gasteiger partial charge in [-0.1, -0.05) is 42.0 Å². The van der Waals surface area contributed by atoms with Crippen molar-refractivity contribution in [3.8, 4) is 0 Å². The summed E-state index contributed by atoms with van der Waals surface area (Å²) in [5, 5.41) is 14.0. The van der Waals surface area contributed by atoms with Crippen LogP contribution >= 0.6 is 0 Å². The summed E-state index contributed by atoms with van der Waals surface area (Å²) in [5.74, 6) is -1.09. The van der Waals surface area contributed by atoms with Gasteiger partial charge in [0, 0.05) is 5.69 Å². The Bertz CT molecular complexity index is 1430. The largest absolute Gasteiger partial charge is 0.545 e. The molecular weight excluding hydrogens is 428 g/mol. The normalized spacial score (nSPS) is 11.3. The van der Waals surface area contributed by atoms with Crippen molar-refractivity contribution in [1.29, 1.82) is 0 Å². The number of carbonyl (C=O) groups is 1. The molecular formula is C23H19N4O4S-. The van der Waals surface area contributed by atoms with Gasteiger partial charge in [-0.2, -0.15) is 0 Å². The van der Waals surface area contributed by atoms with Crippen LogP contribution in [-0.4, -0.2) is 24.4 Å². The van der Waals surface area contributed by atoms with E-state index in [1.807, 2.05) is 6.92 Å². The van der Waals surface area contributed by atoms with Gasteiger partial charge in [0.2, 0.25) is 0 Å². The van der Waals surface area contributed by atoms with Gasteiger partial charge in [-0.15, -0.1) is 0 Å². The maximum Gasteiger partial charge on any atom is 0.263 e. The van der Waals surface area contributed by atoms with Crippen LogP contribution in [0.25, 0.3) is 11.0 Å². The molecule has 0 amide bonds. The maximum absolute atomic E-state index is 13.1. The summed E-state index contributed by atoms with van der Waals surface area (Å²) in [5.41, 5.74) is 3.18. The number of aryl methyl sites for hydroxylation is 2. The third-order valence-corrected chi connectivity index (χ3v) is 6.30. The zero-order chi connectivity index (χ0) is 22.9. The second kappa shape index (κ2) is 8.27. The zero-order valence-electron chi connectivity index (χ0n) is 17.3. The van der Waals surface area contributed by atoms with Gasteiger partial charge < -0.3 is 15.2 Å². The number of rotatable bonds is 6. The molecule has 3 aromatic carbocycles.